The van der Waals surface area contributed by atoms with Crippen LogP contribution in [0.1, 0.15) is 13.8 Å². The Hall–Kier alpha value is -1.81. The molecule has 0 unspecified atom stereocenters. The molecule has 1 heterocycles. The average molecular weight is 245 g/mol. The first-order valence-electron chi connectivity index (χ1n) is 5.95. The molecule has 0 amide bonds. The lowest BCUT2D eigenvalue weighted by Gasteiger charge is -2.28. The predicted octanol–water partition coefficient (Wildman–Crippen LogP) is 2.02. The van der Waals surface area contributed by atoms with Crippen LogP contribution < -0.4 is 10.6 Å². The molecule has 0 aliphatic heterocycles. The van der Waals surface area contributed by atoms with Gasteiger partial charge in [0.2, 0.25) is 0 Å². The Morgan fingerprint density at radius 1 is 1.33 bits per heavy atom. The summed E-state index contributed by atoms with van der Waals surface area (Å²) < 4.78 is 0. The molecule has 1 aromatic heterocycles. The molecule has 1 aromatic carbocycles. The number of rotatable bonds is 3. The van der Waals surface area contributed by atoms with E-state index in [1.807, 2.05) is 36.2 Å². The molecule has 2 rings (SSSR count). The van der Waals surface area contributed by atoms with Crippen molar-refractivity contribution in [1.29, 1.82) is 0 Å². The van der Waals surface area contributed by atoms with Crippen LogP contribution in [0.3, 0.4) is 0 Å². The van der Waals surface area contributed by atoms with E-state index >= 15 is 0 Å². The van der Waals surface area contributed by atoms with Gasteiger partial charge in [-0.1, -0.05) is 0 Å². The lowest BCUT2D eigenvalue weighted by Crippen LogP contribution is -2.36. The first-order chi connectivity index (χ1) is 8.38. The van der Waals surface area contributed by atoms with E-state index in [4.69, 9.17) is 5.73 Å². The molecule has 0 saturated heterocycles. The van der Waals surface area contributed by atoms with Crippen molar-refractivity contribution in [3.05, 3.63) is 30.5 Å². The number of fused-ring (bicyclic) bond motifs is 1. The molecule has 2 aromatic rings. The molecule has 0 bridgehead atoms. The molecule has 0 radical (unpaired) electrons. The summed E-state index contributed by atoms with van der Waals surface area (Å²) in [6, 6.07) is 7.65. The number of aliphatic hydroxyl groups is 1. The minimum absolute atomic E-state index is 0.530. The predicted molar refractivity (Wildman–Crippen MR) is 75.7 cm³/mol. The second-order valence-electron chi connectivity index (χ2n) is 5.24. The fourth-order valence-corrected chi connectivity index (χ4v) is 2.15. The second-order valence-corrected chi connectivity index (χ2v) is 5.24. The minimum atomic E-state index is -0.753. The monoisotopic (exact) mass is 245 g/mol. The van der Waals surface area contributed by atoms with Crippen LogP contribution in [0.25, 0.3) is 10.9 Å². The Balaban J connectivity index is 2.49. The van der Waals surface area contributed by atoms with Crippen LogP contribution in [0.2, 0.25) is 0 Å². The molecule has 0 aliphatic rings. The van der Waals surface area contributed by atoms with Gasteiger partial charge in [0, 0.05) is 30.9 Å². The highest BCUT2D eigenvalue weighted by Crippen LogP contribution is 2.29. The van der Waals surface area contributed by atoms with Crippen molar-refractivity contribution in [3.8, 4) is 0 Å². The Bertz CT molecular complexity index is 560. The van der Waals surface area contributed by atoms with Crippen LogP contribution in [-0.4, -0.2) is 29.3 Å². The van der Waals surface area contributed by atoms with Gasteiger partial charge in [-0.2, -0.15) is 0 Å². The average Bonchev–Trinajstić information content (AvgIpc) is 2.27. The van der Waals surface area contributed by atoms with E-state index < -0.39 is 5.60 Å². The third-order valence-corrected chi connectivity index (χ3v) is 2.82. The summed E-state index contributed by atoms with van der Waals surface area (Å²) in [5, 5.41) is 10.8. The lowest BCUT2D eigenvalue weighted by atomic mass is 10.1. The quantitative estimate of drug-likeness (QED) is 0.812. The molecule has 0 saturated carbocycles. The molecule has 96 valence electrons. The number of hydrogen-bond acceptors (Lipinski definition) is 4. The summed E-state index contributed by atoms with van der Waals surface area (Å²) in [5.41, 5.74) is 7.75. The zero-order chi connectivity index (χ0) is 13.3. The van der Waals surface area contributed by atoms with Gasteiger partial charge < -0.3 is 15.7 Å². The van der Waals surface area contributed by atoms with E-state index in [0.717, 1.165) is 22.3 Å². The van der Waals surface area contributed by atoms with Crippen molar-refractivity contribution in [1.82, 2.24) is 4.98 Å². The highest BCUT2D eigenvalue weighted by molar-refractivity contribution is 5.98. The van der Waals surface area contributed by atoms with Gasteiger partial charge in [0.15, 0.2) is 0 Å². The third kappa shape index (κ3) is 2.54. The van der Waals surface area contributed by atoms with E-state index in [1.54, 1.807) is 20.0 Å². The van der Waals surface area contributed by atoms with Gasteiger partial charge in [-0.05, 0) is 38.1 Å². The van der Waals surface area contributed by atoms with E-state index in [-0.39, 0.29) is 0 Å². The van der Waals surface area contributed by atoms with Crippen molar-refractivity contribution in [2.45, 2.75) is 19.4 Å². The highest BCUT2D eigenvalue weighted by Gasteiger charge is 2.18. The summed E-state index contributed by atoms with van der Waals surface area (Å²) in [6.45, 7) is 4.11. The van der Waals surface area contributed by atoms with E-state index in [1.165, 1.54) is 0 Å². The van der Waals surface area contributed by atoms with E-state index in [0.29, 0.717) is 6.54 Å². The van der Waals surface area contributed by atoms with Gasteiger partial charge in [0.1, 0.15) is 0 Å². The van der Waals surface area contributed by atoms with Gasteiger partial charge in [-0.25, -0.2) is 0 Å². The molecule has 0 aliphatic carbocycles. The standard InChI is InChI=1S/C14H19N3O/c1-14(2,18)9-17(3)12-7-6-11(15)10-5-4-8-16-13(10)12/h4-8,18H,9,15H2,1-3H3. The van der Waals surface area contributed by atoms with Crippen molar-refractivity contribution in [2.75, 3.05) is 24.2 Å². The number of anilines is 2. The number of aromatic nitrogens is 1. The number of nitrogens with two attached hydrogens (primary N) is 1. The second kappa shape index (κ2) is 4.46. The van der Waals surface area contributed by atoms with Crippen LogP contribution in [0.5, 0.6) is 0 Å². The summed E-state index contributed by atoms with van der Waals surface area (Å²) >= 11 is 0. The van der Waals surface area contributed by atoms with Crippen LogP contribution in [0.4, 0.5) is 11.4 Å². The zero-order valence-electron chi connectivity index (χ0n) is 11.0. The van der Waals surface area contributed by atoms with Crippen LogP contribution in [0, 0.1) is 0 Å². The van der Waals surface area contributed by atoms with Crippen molar-refractivity contribution in [2.24, 2.45) is 0 Å². The van der Waals surface area contributed by atoms with Crippen LogP contribution in [0.15, 0.2) is 30.5 Å². The number of likely N-dealkylation sites (N-methyl/N-ethyl adjacent to an activating group) is 1. The Morgan fingerprint density at radius 2 is 2.06 bits per heavy atom. The smallest absolute Gasteiger partial charge is 0.0955 e. The summed E-state index contributed by atoms with van der Waals surface area (Å²) in [6.07, 6.45) is 1.75. The maximum absolute atomic E-state index is 9.89. The van der Waals surface area contributed by atoms with Crippen molar-refractivity contribution < 1.29 is 5.11 Å². The number of benzene rings is 1. The molecule has 3 N–H and O–H groups in total. The van der Waals surface area contributed by atoms with Gasteiger partial charge in [-0.3, -0.25) is 4.98 Å². The molecular weight excluding hydrogens is 226 g/mol. The molecule has 0 fully saturated rings. The minimum Gasteiger partial charge on any atom is -0.398 e. The highest BCUT2D eigenvalue weighted by atomic mass is 16.3. The molecule has 0 spiro atoms. The molecular formula is C14H19N3O. The molecule has 18 heavy (non-hydrogen) atoms. The maximum atomic E-state index is 9.89. The molecule has 4 heteroatoms. The largest absolute Gasteiger partial charge is 0.398 e. The normalized spacial score (nSPS) is 11.8. The first kappa shape index (κ1) is 12.6. The van der Waals surface area contributed by atoms with Crippen molar-refractivity contribution in [3.63, 3.8) is 0 Å². The summed E-state index contributed by atoms with van der Waals surface area (Å²) in [4.78, 5) is 6.38. The maximum Gasteiger partial charge on any atom is 0.0955 e. The summed E-state index contributed by atoms with van der Waals surface area (Å²) in [5.74, 6) is 0. The van der Waals surface area contributed by atoms with E-state index in [2.05, 4.69) is 4.98 Å². The zero-order valence-corrected chi connectivity index (χ0v) is 11.0. The van der Waals surface area contributed by atoms with Gasteiger partial charge in [0.05, 0.1) is 16.8 Å². The topological polar surface area (TPSA) is 62.4 Å². The fraction of sp³-hybridized carbons (Fsp3) is 0.357. The third-order valence-electron chi connectivity index (χ3n) is 2.82. The van der Waals surface area contributed by atoms with Gasteiger partial charge in [0.25, 0.3) is 0 Å². The Labute approximate surface area is 107 Å². The van der Waals surface area contributed by atoms with E-state index in [9.17, 15) is 5.11 Å². The first-order valence-corrected chi connectivity index (χ1v) is 5.95. The summed E-state index contributed by atoms with van der Waals surface area (Å²) in [7, 11) is 1.94. The van der Waals surface area contributed by atoms with Crippen LogP contribution >= 0.6 is 0 Å². The molecule has 0 atom stereocenters. The number of hydrogen-bond donors (Lipinski definition) is 2. The van der Waals surface area contributed by atoms with Gasteiger partial charge >= 0.3 is 0 Å². The van der Waals surface area contributed by atoms with Crippen molar-refractivity contribution >= 4 is 22.3 Å². The Kier molecular flexibility index (Phi) is 3.13. The number of pyridine rings is 1. The fourth-order valence-electron chi connectivity index (χ4n) is 2.15. The molecule has 4 nitrogen and oxygen atoms in total. The number of nitrogens with zero attached hydrogens (tertiary/aromatic N) is 2. The SMILES string of the molecule is CN(CC(C)(C)O)c1ccc(N)c2cccnc12. The van der Waals surface area contributed by atoms with Crippen LogP contribution in [-0.2, 0) is 0 Å². The Morgan fingerprint density at radius 3 is 2.72 bits per heavy atom. The number of nitrogen functional groups attached to an aromatic ring is 1. The van der Waals surface area contributed by atoms with Gasteiger partial charge in [-0.15, -0.1) is 0 Å². The lowest BCUT2D eigenvalue weighted by molar-refractivity contribution is 0.0887.